The highest BCUT2D eigenvalue weighted by Crippen LogP contribution is 2.35. The molecule has 1 aromatic rings. The number of carbonyl (C=O) groups excluding carboxylic acids is 2. The van der Waals surface area contributed by atoms with Gasteiger partial charge in [0.1, 0.15) is 12.4 Å². The molecule has 0 bridgehead atoms. The maximum atomic E-state index is 13.8. The molecule has 9 nitrogen and oxygen atoms in total. The van der Waals surface area contributed by atoms with E-state index >= 15 is 0 Å². The van der Waals surface area contributed by atoms with Crippen molar-refractivity contribution in [3.05, 3.63) is 35.1 Å². The van der Waals surface area contributed by atoms with Crippen molar-refractivity contribution in [3.8, 4) is 0 Å². The molecule has 1 aliphatic rings. The molecule has 0 aromatic heterocycles. The van der Waals surface area contributed by atoms with Crippen LogP contribution in [-0.2, 0) is 32.5 Å². The van der Waals surface area contributed by atoms with Gasteiger partial charge in [-0.3, -0.25) is 4.79 Å². The average molecular weight is 533 g/mol. The van der Waals surface area contributed by atoms with Crippen LogP contribution in [0, 0.1) is 11.7 Å². The lowest BCUT2D eigenvalue weighted by Crippen LogP contribution is -2.49. The van der Waals surface area contributed by atoms with E-state index in [9.17, 15) is 22.4 Å². The maximum Gasteiger partial charge on any atom is 0.315 e. The van der Waals surface area contributed by atoms with E-state index in [1.807, 2.05) is 13.8 Å². The second-order valence-corrected chi connectivity index (χ2v) is 11.1. The second-order valence-electron chi connectivity index (χ2n) is 7.94. The SMILES string of the molecule is CC(C)NC(=O)NCc1cc(F)ccc1COC1=NC(S(C)(=O)=O)=NC(=O)C1(Br)C(C)C. The molecule has 0 aliphatic carbocycles. The summed E-state index contributed by atoms with van der Waals surface area (Å²) in [5.41, 5.74) is 0.974. The molecular formula is C20H26BrFN4O5S. The highest BCUT2D eigenvalue weighted by atomic mass is 79.9. The lowest BCUT2D eigenvalue weighted by Gasteiger charge is -2.31. The van der Waals surface area contributed by atoms with Crippen LogP contribution in [0.15, 0.2) is 28.2 Å². The first-order valence-electron chi connectivity index (χ1n) is 9.80. The van der Waals surface area contributed by atoms with E-state index in [-0.39, 0.29) is 31.0 Å². The quantitative estimate of drug-likeness (QED) is 0.544. The van der Waals surface area contributed by atoms with Crippen LogP contribution in [-0.4, -0.2) is 48.0 Å². The van der Waals surface area contributed by atoms with Gasteiger partial charge in [-0.2, -0.15) is 9.98 Å². The van der Waals surface area contributed by atoms with Gasteiger partial charge in [0.15, 0.2) is 4.32 Å². The van der Waals surface area contributed by atoms with E-state index in [2.05, 4.69) is 36.5 Å². The maximum absolute atomic E-state index is 13.8. The smallest absolute Gasteiger partial charge is 0.315 e. The molecule has 176 valence electrons. The molecule has 1 aliphatic heterocycles. The van der Waals surface area contributed by atoms with Gasteiger partial charge in [-0.1, -0.05) is 35.8 Å². The number of nitrogens with one attached hydrogen (secondary N) is 2. The Morgan fingerprint density at radius 2 is 1.88 bits per heavy atom. The number of benzene rings is 1. The molecule has 1 unspecified atom stereocenters. The van der Waals surface area contributed by atoms with Crippen molar-refractivity contribution in [2.45, 2.75) is 51.2 Å². The Bertz CT molecular complexity index is 1070. The van der Waals surface area contributed by atoms with Gasteiger partial charge >= 0.3 is 6.03 Å². The Morgan fingerprint density at radius 1 is 1.22 bits per heavy atom. The van der Waals surface area contributed by atoms with Crippen molar-refractivity contribution >= 4 is 48.8 Å². The molecule has 0 saturated carbocycles. The van der Waals surface area contributed by atoms with Gasteiger partial charge in [-0.25, -0.2) is 17.6 Å². The van der Waals surface area contributed by atoms with Gasteiger partial charge in [-0.05, 0) is 43.0 Å². The zero-order valence-electron chi connectivity index (χ0n) is 18.4. The predicted molar refractivity (Wildman–Crippen MR) is 123 cm³/mol. The summed E-state index contributed by atoms with van der Waals surface area (Å²) in [6.07, 6.45) is 0.892. The molecule has 0 saturated heterocycles. The number of amidine groups is 1. The number of amides is 3. The number of aliphatic imine (C=N–C) groups is 2. The standard InChI is InChI=1S/C20H26BrFN4O5S/c1-11(2)20(21)16(27)25-19(32(5,29)30)26-17(20)31-10-13-6-7-15(22)8-14(13)9-23-18(28)24-12(3)4/h6-8,11-12H,9-10H2,1-5H3,(H2,23,24,28). The highest BCUT2D eigenvalue weighted by Gasteiger charge is 2.49. The zero-order chi connectivity index (χ0) is 24.3. The number of halogens is 2. The van der Waals surface area contributed by atoms with Crippen molar-refractivity contribution in [2.24, 2.45) is 15.9 Å². The van der Waals surface area contributed by atoms with E-state index in [0.717, 1.165) is 6.26 Å². The van der Waals surface area contributed by atoms with E-state index < -0.39 is 37.1 Å². The van der Waals surface area contributed by atoms with Crippen molar-refractivity contribution < 1.29 is 27.1 Å². The lowest BCUT2D eigenvalue weighted by atomic mass is 9.94. The Balaban J connectivity index is 2.30. The summed E-state index contributed by atoms with van der Waals surface area (Å²) < 4.78 is 41.9. The molecular weight excluding hydrogens is 507 g/mol. The largest absolute Gasteiger partial charge is 0.474 e. The number of alkyl halides is 1. The van der Waals surface area contributed by atoms with Gasteiger partial charge in [-0.15, -0.1) is 0 Å². The van der Waals surface area contributed by atoms with E-state index in [0.29, 0.717) is 11.1 Å². The minimum absolute atomic E-state index is 0.0279. The first-order chi connectivity index (χ1) is 14.7. The molecule has 2 rings (SSSR count). The number of hydrogen-bond acceptors (Lipinski definition) is 6. The molecule has 1 aromatic carbocycles. The monoisotopic (exact) mass is 532 g/mol. The molecule has 3 amide bonds. The molecule has 12 heteroatoms. The van der Waals surface area contributed by atoms with Crippen molar-refractivity contribution in [2.75, 3.05) is 6.26 Å². The number of nitrogens with zero attached hydrogens (tertiary/aromatic N) is 2. The molecule has 1 atom stereocenters. The van der Waals surface area contributed by atoms with Crippen molar-refractivity contribution in [1.82, 2.24) is 10.6 Å². The summed E-state index contributed by atoms with van der Waals surface area (Å²) in [7, 11) is -3.86. The molecule has 32 heavy (non-hydrogen) atoms. The van der Waals surface area contributed by atoms with Crippen molar-refractivity contribution in [3.63, 3.8) is 0 Å². The van der Waals surface area contributed by atoms with Crippen LogP contribution >= 0.6 is 15.9 Å². The first kappa shape index (κ1) is 25.9. The minimum atomic E-state index is -3.86. The number of carbonyl (C=O) groups is 2. The zero-order valence-corrected chi connectivity index (χ0v) is 20.8. The summed E-state index contributed by atoms with van der Waals surface area (Å²) in [5.74, 6) is -1.77. The second kappa shape index (κ2) is 10.1. The molecule has 2 N–H and O–H groups in total. The fraction of sp³-hybridized carbons (Fsp3) is 0.500. The Kier molecular flexibility index (Phi) is 8.16. The fourth-order valence-corrected chi connectivity index (χ4v) is 3.57. The van der Waals surface area contributed by atoms with Gasteiger partial charge < -0.3 is 15.4 Å². The number of hydrogen-bond donors (Lipinski definition) is 2. The number of rotatable bonds is 6. The van der Waals surface area contributed by atoms with Crippen LogP contribution in [0.2, 0.25) is 0 Å². The molecule has 0 radical (unpaired) electrons. The van der Waals surface area contributed by atoms with Gasteiger partial charge in [0.2, 0.25) is 15.7 Å². The van der Waals surface area contributed by atoms with Crippen molar-refractivity contribution in [1.29, 1.82) is 0 Å². The third kappa shape index (κ3) is 6.12. The number of ether oxygens (including phenoxy) is 1. The van der Waals surface area contributed by atoms with Crippen LogP contribution in [0.3, 0.4) is 0 Å². The summed E-state index contributed by atoms with van der Waals surface area (Å²) in [6, 6.07) is 3.49. The third-order valence-electron chi connectivity index (χ3n) is 4.54. The summed E-state index contributed by atoms with van der Waals surface area (Å²) in [5, 5.41) is 4.67. The average Bonchev–Trinajstić information content (AvgIpc) is 2.66. The van der Waals surface area contributed by atoms with Crippen LogP contribution < -0.4 is 10.6 Å². The van der Waals surface area contributed by atoms with E-state index in [1.54, 1.807) is 13.8 Å². The topological polar surface area (TPSA) is 126 Å². The highest BCUT2D eigenvalue weighted by molar-refractivity contribution is 9.10. The number of sulfone groups is 1. The van der Waals surface area contributed by atoms with E-state index in [4.69, 9.17) is 4.74 Å². The van der Waals surface area contributed by atoms with Crippen LogP contribution in [0.5, 0.6) is 0 Å². The summed E-state index contributed by atoms with van der Waals surface area (Å²) >= 11 is 3.33. The minimum Gasteiger partial charge on any atom is -0.474 e. The number of urea groups is 1. The van der Waals surface area contributed by atoms with Gasteiger partial charge in [0.05, 0.1) is 0 Å². The molecule has 1 heterocycles. The Labute approximate surface area is 195 Å². The molecule has 0 fully saturated rings. The normalized spacial score (nSPS) is 19.0. The molecule has 0 spiro atoms. The predicted octanol–water partition coefficient (Wildman–Crippen LogP) is 2.68. The summed E-state index contributed by atoms with van der Waals surface area (Å²) in [6.45, 7) is 6.96. The van der Waals surface area contributed by atoms with Crippen LogP contribution in [0.4, 0.5) is 9.18 Å². The fourth-order valence-electron chi connectivity index (χ4n) is 2.78. The van der Waals surface area contributed by atoms with Gasteiger partial charge in [0.25, 0.3) is 11.1 Å². The Hall–Kier alpha value is -2.34. The Morgan fingerprint density at radius 3 is 2.44 bits per heavy atom. The van der Waals surface area contributed by atoms with E-state index in [1.165, 1.54) is 18.2 Å². The third-order valence-corrected chi connectivity index (χ3v) is 6.98. The lowest BCUT2D eigenvalue weighted by molar-refractivity contribution is -0.119. The van der Waals surface area contributed by atoms with Gasteiger partial charge in [0, 0.05) is 18.8 Å². The summed E-state index contributed by atoms with van der Waals surface area (Å²) in [4.78, 5) is 32.1. The first-order valence-corrected chi connectivity index (χ1v) is 12.5. The van der Waals surface area contributed by atoms with Crippen LogP contribution in [0.1, 0.15) is 38.8 Å². The van der Waals surface area contributed by atoms with Crippen LogP contribution in [0.25, 0.3) is 0 Å².